The number of nitrogens with zero attached hydrogens (tertiary/aromatic N) is 1. The molecule has 0 heterocycles. The van der Waals surface area contributed by atoms with Gasteiger partial charge in [0.2, 0.25) is 0 Å². The molecule has 5 heteroatoms. The van der Waals surface area contributed by atoms with Crippen molar-refractivity contribution >= 4 is 27.7 Å². The smallest absolute Gasteiger partial charge is 0.411 e. The second kappa shape index (κ2) is 7.46. The van der Waals surface area contributed by atoms with Crippen LogP contribution in [-0.2, 0) is 11.2 Å². The van der Waals surface area contributed by atoms with Gasteiger partial charge in [-0.2, -0.15) is 5.26 Å². The monoisotopic (exact) mass is 344 g/mol. The SMILES string of the molecule is N#Cc1cccc(NC(=O)OCCc2ccc(Br)cc2)c1. The van der Waals surface area contributed by atoms with Gasteiger partial charge < -0.3 is 4.74 Å². The minimum absolute atomic E-state index is 0.297. The van der Waals surface area contributed by atoms with Gasteiger partial charge in [0.25, 0.3) is 0 Å². The molecular formula is C16H13BrN2O2. The van der Waals surface area contributed by atoms with Crippen molar-refractivity contribution in [3.63, 3.8) is 0 Å². The van der Waals surface area contributed by atoms with Crippen LogP contribution < -0.4 is 5.32 Å². The molecular weight excluding hydrogens is 332 g/mol. The first-order chi connectivity index (χ1) is 10.2. The standard InChI is InChI=1S/C16H13BrN2O2/c17-14-6-4-12(5-7-14)8-9-21-16(20)19-15-3-1-2-13(10-15)11-18/h1-7,10H,8-9H2,(H,19,20). The summed E-state index contributed by atoms with van der Waals surface area (Å²) in [6, 6.07) is 16.5. The van der Waals surface area contributed by atoms with Gasteiger partial charge in [-0.15, -0.1) is 0 Å². The number of anilines is 1. The van der Waals surface area contributed by atoms with Crippen LogP contribution in [0.15, 0.2) is 53.0 Å². The Kier molecular flexibility index (Phi) is 5.35. The number of rotatable bonds is 4. The summed E-state index contributed by atoms with van der Waals surface area (Å²) in [5, 5.41) is 11.4. The van der Waals surface area contributed by atoms with E-state index in [1.54, 1.807) is 24.3 Å². The van der Waals surface area contributed by atoms with Gasteiger partial charge in [0, 0.05) is 16.6 Å². The molecule has 1 amide bonds. The van der Waals surface area contributed by atoms with Gasteiger partial charge in [0.1, 0.15) is 0 Å². The Labute approximate surface area is 131 Å². The maximum atomic E-state index is 11.6. The molecule has 2 aromatic rings. The summed E-state index contributed by atoms with van der Waals surface area (Å²) in [6.45, 7) is 0.297. The molecule has 21 heavy (non-hydrogen) atoms. The van der Waals surface area contributed by atoms with Crippen LogP contribution >= 0.6 is 15.9 Å². The fraction of sp³-hybridized carbons (Fsp3) is 0.125. The molecule has 0 aliphatic carbocycles. The van der Waals surface area contributed by atoms with Crippen molar-refractivity contribution in [1.82, 2.24) is 0 Å². The van der Waals surface area contributed by atoms with E-state index in [1.165, 1.54) is 0 Å². The van der Waals surface area contributed by atoms with E-state index < -0.39 is 6.09 Å². The van der Waals surface area contributed by atoms with Crippen LogP contribution in [0.3, 0.4) is 0 Å². The Bertz CT molecular complexity index is 663. The minimum Gasteiger partial charge on any atom is -0.449 e. The van der Waals surface area contributed by atoms with Crippen molar-refractivity contribution in [2.75, 3.05) is 11.9 Å². The molecule has 0 saturated heterocycles. The van der Waals surface area contributed by atoms with Crippen LogP contribution in [0, 0.1) is 11.3 Å². The highest BCUT2D eigenvalue weighted by Gasteiger charge is 2.04. The van der Waals surface area contributed by atoms with E-state index in [9.17, 15) is 4.79 Å². The third kappa shape index (κ3) is 4.93. The largest absolute Gasteiger partial charge is 0.449 e. The Morgan fingerprint density at radius 2 is 2.00 bits per heavy atom. The zero-order chi connectivity index (χ0) is 15.1. The van der Waals surface area contributed by atoms with E-state index in [2.05, 4.69) is 21.2 Å². The molecule has 0 aromatic heterocycles. The minimum atomic E-state index is -0.526. The molecule has 1 N–H and O–H groups in total. The van der Waals surface area contributed by atoms with E-state index >= 15 is 0 Å². The molecule has 0 bridgehead atoms. The van der Waals surface area contributed by atoms with Crippen LogP contribution in [0.5, 0.6) is 0 Å². The number of hydrogen-bond acceptors (Lipinski definition) is 3. The third-order valence-electron chi connectivity index (χ3n) is 2.78. The van der Waals surface area contributed by atoms with E-state index in [1.807, 2.05) is 30.3 Å². The lowest BCUT2D eigenvalue weighted by Gasteiger charge is -2.07. The normalized spacial score (nSPS) is 9.71. The van der Waals surface area contributed by atoms with Crippen LogP contribution in [0.25, 0.3) is 0 Å². The molecule has 0 radical (unpaired) electrons. The summed E-state index contributed by atoms with van der Waals surface area (Å²) >= 11 is 3.37. The fourth-order valence-corrected chi connectivity index (χ4v) is 2.00. The zero-order valence-corrected chi connectivity index (χ0v) is 12.8. The molecule has 0 unspecified atom stereocenters. The van der Waals surface area contributed by atoms with Crippen LogP contribution in [-0.4, -0.2) is 12.7 Å². The average molecular weight is 345 g/mol. The van der Waals surface area contributed by atoms with Crippen LogP contribution in [0.1, 0.15) is 11.1 Å². The molecule has 0 aliphatic heterocycles. The first-order valence-corrected chi connectivity index (χ1v) is 7.15. The van der Waals surface area contributed by atoms with Crippen molar-refractivity contribution in [1.29, 1.82) is 5.26 Å². The molecule has 0 atom stereocenters. The summed E-state index contributed by atoms with van der Waals surface area (Å²) in [6.07, 6.45) is 0.126. The van der Waals surface area contributed by atoms with Crippen LogP contribution in [0.4, 0.5) is 10.5 Å². The summed E-state index contributed by atoms with van der Waals surface area (Å²) in [5.74, 6) is 0. The van der Waals surface area contributed by atoms with Gasteiger partial charge in [-0.1, -0.05) is 34.1 Å². The fourth-order valence-electron chi connectivity index (χ4n) is 1.73. The van der Waals surface area contributed by atoms with Crippen molar-refractivity contribution in [2.45, 2.75) is 6.42 Å². The van der Waals surface area contributed by atoms with Crippen molar-refractivity contribution in [3.8, 4) is 6.07 Å². The van der Waals surface area contributed by atoms with Gasteiger partial charge >= 0.3 is 6.09 Å². The third-order valence-corrected chi connectivity index (χ3v) is 3.30. The number of hydrogen-bond donors (Lipinski definition) is 1. The highest BCUT2D eigenvalue weighted by Crippen LogP contribution is 2.12. The molecule has 2 rings (SSSR count). The number of amides is 1. The molecule has 0 saturated carbocycles. The summed E-state index contributed by atoms with van der Waals surface area (Å²) in [5.41, 5.74) is 2.13. The van der Waals surface area contributed by atoms with Crippen molar-refractivity contribution in [3.05, 3.63) is 64.1 Å². The predicted molar refractivity (Wildman–Crippen MR) is 84.0 cm³/mol. The molecule has 0 fully saturated rings. The van der Waals surface area contributed by atoms with Gasteiger partial charge in [0.05, 0.1) is 18.2 Å². The maximum Gasteiger partial charge on any atom is 0.411 e. The molecule has 106 valence electrons. The van der Waals surface area contributed by atoms with Gasteiger partial charge in [-0.05, 0) is 35.9 Å². The Hall–Kier alpha value is -2.32. The number of carbonyl (C=O) groups excluding carboxylic acids is 1. The van der Waals surface area contributed by atoms with Crippen molar-refractivity contribution in [2.24, 2.45) is 0 Å². The first kappa shape index (κ1) is 15.1. The van der Waals surface area contributed by atoms with Gasteiger partial charge in [-0.3, -0.25) is 5.32 Å². The molecule has 0 aliphatic rings. The predicted octanol–water partition coefficient (Wildman–Crippen LogP) is 4.11. The Morgan fingerprint density at radius 3 is 2.71 bits per heavy atom. The Balaban J connectivity index is 1.79. The maximum absolute atomic E-state index is 11.6. The topological polar surface area (TPSA) is 62.1 Å². The summed E-state index contributed by atoms with van der Waals surface area (Å²) in [4.78, 5) is 11.6. The lowest BCUT2D eigenvalue weighted by molar-refractivity contribution is 0.163. The number of nitrogens with one attached hydrogen (secondary N) is 1. The quantitative estimate of drug-likeness (QED) is 0.907. The first-order valence-electron chi connectivity index (χ1n) is 6.36. The number of halogens is 1. The number of carbonyl (C=O) groups is 1. The molecule has 0 spiro atoms. The number of benzene rings is 2. The van der Waals surface area contributed by atoms with Crippen LogP contribution in [0.2, 0.25) is 0 Å². The highest BCUT2D eigenvalue weighted by molar-refractivity contribution is 9.10. The molecule has 2 aromatic carbocycles. The van der Waals surface area contributed by atoms with E-state index in [0.717, 1.165) is 10.0 Å². The van der Waals surface area contributed by atoms with E-state index in [4.69, 9.17) is 10.00 Å². The number of ether oxygens (including phenoxy) is 1. The zero-order valence-electron chi connectivity index (χ0n) is 11.2. The summed E-state index contributed by atoms with van der Waals surface area (Å²) < 4.78 is 6.12. The van der Waals surface area contributed by atoms with Gasteiger partial charge in [0.15, 0.2) is 0 Å². The number of nitriles is 1. The lowest BCUT2D eigenvalue weighted by atomic mass is 10.2. The van der Waals surface area contributed by atoms with Crippen molar-refractivity contribution < 1.29 is 9.53 Å². The molecule has 4 nitrogen and oxygen atoms in total. The summed E-state index contributed by atoms with van der Waals surface area (Å²) in [7, 11) is 0. The Morgan fingerprint density at radius 1 is 1.24 bits per heavy atom. The van der Waals surface area contributed by atoms with E-state index in [0.29, 0.717) is 24.3 Å². The second-order valence-corrected chi connectivity index (χ2v) is 5.25. The van der Waals surface area contributed by atoms with E-state index in [-0.39, 0.29) is 0 Å². The van der Waals surface area contributed by atoms with Gasteiger partial charge in [-0.25, -0.2) is 4.79 Å². The highest BCUT2D eigenvalue weighted by atomic mass is 79.9. The average Bonchev–Trinajstić information content (AvgIpc) is 2.49. The lowest BCUT2D eigenvalue weighted by Crippen LogP contribution is -2.15. The second-order valence-electron chi connectivity index (χ2n) is 4.33.